The van der Waals surface area contributed by atoms with Crippen molar-refractivity contribution in [2.75, 3.05) is 18.4 Å². The monoisotopic (exact) mass is 296 g/mol. The van der Waals surface area contributed by atoms with E-state index in [9.17, 15) is 4.79 Å². The van der Waals surface area contributed by atoms with Crippen molar-refractivity contribution in [2.24, 2.45) is 0 Å². The summed E-state index contributed by atoms with van der Waals surface area (Å²) in [6.45, 7) is 1.42. The zero-order chi connectivity index (χ0) is 15.4. The molecule has 1 aliphatic heterocycles. The van der Waals surface area contributed by atoms with Gasteiger partial charge in [-0.25, -0.2) is 9.78 Å². The smallest absolute Gasteiger partial charge is 0.321 e. The molecule has 1 saturated heterocycles. The molecule has 0 saturated carbocycles. The van der Waals surface area contributed by atoms with Crippen molar-refractivity contribution in [3.05, 3.63) is 42.0 Å². The first-order chi connectivity index (χ1) is 10.8. The second-order valence-corrected chi connectivity index (χ2v) is 5.25. The van der Waals surface area contributed by atoms with Crippen LogP contribution in [0, 0.1) is 11.3 Å². The summed E-state index contributed by atoms with van der Waals surface area (Å²) in [6, 6.07) is 7.07. The highest BCUT2D eigenvalue weighted by atomic mass is 16.2. The van der Waals surface area contributed by atoms with Gasteiger partial charge in [0.25, 0.3) is 0 Å². The molecule has 3 rings (SSSR count). The summed E-state index contributed by atoms with van der Waals surface area (Å²) in [6.07, 6.45) is 5.09. The molecule has 7 nitrogen and oxygen atoms in total. The van der Waals surface area contributed by atoms with Crippen molar-refractivity contribution in [3.63, 3.8) is 0 Å². The Kier molecular flexibility index (Phi) is 4.01. The second kappa shape index (κ2) is 6.26. The average molecular weight is 296 g/mol. The van der Waals surface area contributed by atoms with Gasteiger partial charge in [0.15, 0.2) is 0 Å². The van der Waals surface area contributed by atoms with Crippen molar-refractivity contribution in [2.45, 2.75) is 18.8 Å². The van der Waals surface area contributed by atoms with Gasteiger partial charge in [0, 0.05) is 30.9 Å². The molecule has 7 heteroatoms. The van der Waals surface area contributed by atoms with Crippen LogP contribution in [0.15, 0.2) is 30.6 Å². The molecule has 22 heavy (non-hydrogen) atoms. The highest BCUT2D eigenvalue weighted by Gasteiger charge is 2.24. The molecule has 112 valence electrons. The van der Waals surface area contributed by atoms with E-state index in [1.807, 2.05) is 12.1 Å². The van der Waals surface area contributed by atoms with E-state index in [4.69, 9.17) is 5.26 Å². The summed E-state index contributed by atoms with van der Waals surface area (Å²) in [4.78, 5) is 17.9. The number of pyridine rings is 1. The number of likely N-dealkylation sites (tertiary alicyclic amines) is 1. The average Bonchev–Trinajstić information content (AvgIpc) is 3.10. The zero-order valence-electron chi connectivity index (χ0n) is 12.0. The number of rotatable bonds is 2. The Morgan fingerprint density at radius 1 is 1.36 bits per heavy atom. The van der Waals surface area contributed by atoms with Gasteiger partial charge >= 0.3 is 6.03 Å². The fourth-order valence-electron chi connectivity index (χ4n) is 2.62. The van der Waals surface area contributed by atoms with Crippen LogP contribution in [0.3, 0.4) is 0 Å². The molecule has 1 fully saturated rings. The van der Waals surface area contributed by atoms with Crippen LogP contribution >= 0.6 is 0 Å². The number of anilines is 1. The van der Waals surface area contributed by atoms with Crippen LogP contribution in [0.25, 0.3) is 0 Å². The number of aromatic amines is 1. The lowest BCUT2D eigenvalue weighted by molar-refractivity contribution is 0.194. The first-order valence-electron chi connectivity index (χ1n) is 7.17. The van der Waals surface area contributed by atoms with Crippen LogP contribution in [-0.4, -0.2) is 39.2 Å². The van der Waals surface area contributed by atoms with Gasteiger partial charge in [-0.15, -0.1) is 0 Å². The van der Waals surface area contributed by atoms with E-state index in [1.54, 1.807) is 23.2 Å². The molecule has 2 amide bonds. The highest BCUT2D eigenvalue weighted by molar-refractivity contribution is 5.89. The van der Waals surface area contributed by atoms with Gasteiger partial charge in [-0.3, -0.25) is 5.10 Å². The predicted molar refractivity (Wildman–Crippen MR) is 80.1 cm³/mol. The quantitative estimate of drug-likeness (QED) is 0.886. The van der Waals surface area contributed by atoms with E-state index in [2.05, 4.69) is 20.5 Å². The second-order valence-electron chi connectivity index (χ2n) is 5.25. The topological polar surface area (TPSA) is 97.7 Å². The minimum Gasteiger partial charge on any atom is -0.324 e. The summed E-state index contributed by atoms with van der Waals surface area (Å²) in [5, 5.41) is 18.5. The number of amides is 2. The molecule has 0 spiro atoms. The summed E-state index contributed by atoms with van der Waals surface area (Å²) in [5.41, 5.74) is 2.06. The Labute approximate surface area is 128 Å². The van der Waals surface area contributed by atoms with Crippen molar-refractivity contribution in [1.82, 2.24) is 20.1 Å². The Morgan fingerprint density at radius 3 is 2.77 bits per heavy atom. The zero-order valence-corrected chi connectivity index (χ0v) is 12.0. The molecule has 3 heterocycles. The lowest BCUT2D eigenvalue weighted by atomic mass is 9.94. The summed E-state index contributed by atoms with van der Waals surface area (Å²) >= 11 is 0. The first-order valence-corrected chi connectivity index (χ1v) is 7.17. The Bertz CT molecular complexity index is 665. The molecule has 2 aromatic heterocycles. The van der Waals surface area contributed by atoms with Crippen LogP contribution in [0.2, 0.25) is 0 Å². The predicted octanol–water partition coefficient (Wildman–Crippen LogP) is 2.09. The van der Waals surface area contributed by atoms with E-state index in [-0.39, 0.29) is 6.03 Å². The maximum atomic E-state index is 12.2. The fourth-order valence-corrected chi connectivity index (χ4v) is 2.62. The van der Waals surface area contributed by atoms with Crippen molar-refractivity contribution in [1.29, 1.82) is 5.26 Å². The van der Waals surface area contributed by atoms with Gasteiger partial charge < -0.3 is 10.2 Å². The summed E-state index contributed by atoms with van der Waals surface area (Å²) < 4.78 is 0. The maximum absolute atomic E-state index is 12.2. The Balaban J connectivity index is 1.54. The number of nitriles is 1. The minimum absolute atomic E-state index is 0.130. The third-order valence-corrected chi connectivity index (χ3v) is 3.87. The third kappa shape index (κ3) is 3.06. The van der Waals surface area contributed by atoms with E-state index in [0.717, 1.165) is 18.5 Å². The van der Waals surface area contributed by atoms with E-state index in [0.29, 0.717) is 30.4 Å². The number of hydrogen-bond acceptors (Lipinski definition) is 4. The molecule has 0 atom stereocenters. The lowest BCUT2D eigenvalue weighted by Crippen LogP contribution is -2.40. The van der Waals surface area contributed by atoms with Crippen molar-refractivity contribution in [3.8, 4) is 6.07 Å². The van der Waals surface area contributed by atoms with Gasteiger partial charge in [0.05, 0.1) is 11.9 Å². The SMILES string of the molecule is N#Cc1ccc(NC(=O)N2CCC(c3ccn[nH]3)CC2)cn1. The maximum Gasteiger partial charge on any atom is 0.321 e. The van der Waals surface area contributed by atoms with Gasteiger partial charge in [0.2, 0.25) is 0 Å². The number of piperidine rings is 1. The fraction of sp³-hybridized carbons (Fsp3) is 0.333. The number of nitrogens with one attached hydrogen (secondary N) is 2. The molecule has 2 N–H and O–H groups in total. The molecular weight excluding hydrogens is 280 g/mol. The third-order valence-electron chi connectivity index (χ3n) is 3.87. The van der Waals surface area contributed by atoms with Crippen LogP contribution in [0.5, 0.6) is 0 Å². The lowest BCUT2D eigenvalue weighted by Gasteiger charge is -2.31. The van der Waals surface area contributed by atoms with Crippen molar-refractivity contribution < 1.29 is 4.79 Å². The normalized spacial score (nSPS) is 15.3. The minimum atomic E-state index is -0.130. The molecule has 0 bridgehead atoms. The molecule has 0 unspecified atom stereocenters. The number of nitrogens with zero attached hydrogens (tertiary/aromatic N) is 4. The number of H-pyrrole nitrogens is 1. The number of urea groups is 1. The van der Waals surface area contributed by atoms with Crippen LogP contribution in [-0.2, 0) is 0 Å². The first kappa shape index (κ1) is 14.1. The number of carbonyl (C=O) groups excluding carboxylic acids is 1. The highest BCUT2D eigenvalue weighted by Crippen LogP contribution is 2.26. The standard InChI is InChI=1S/C15H16N6O/c16-9-12-1-2-13(10-17-12)19-15(22)21-7-4-11(5-8-21)14-3-6-18-20-14/h1-3,6,10-11H,4-5,7-8H2,(H,18,20)(H,19,22). The molecule has 1 aliphatic rings. The van der Waals surface area contributed by atoms with Crippen LogP contribution in [0.4, 0.5) is 10.5 Å². The number of hydrogen-bond donors (Lipinski definition) is 2. The van der Waals surface area contributed by atoms with E-state index >= 15 is 0 Å². The summed E-state index contributed by atoms with van der Waals surface area (Å²) in [7, 11) is 0. The van der Waals surface area contributed by atoms with Gasteiger partial charge in [-0.2, -0.15) is 10.4 Å². The number of aromatic nitrogens is 3. The van der Waals surface area contributed by atoms with Gasteiger partial charge in [-0.1, -0.05) is 0 Å². The molecule has 0 aromatic carbocycles. The van der Waals surface area contributed by atoms with E-state index in [1.165, 1.54) is 6.20 Å². The van der Waals surface area contributed by atoms with Crippen molar-refractivity contribution >= 4 is 11.7 Å². The van der Waals surface area contributed by atoms with Gasteiger partial charge in [-0.05, 0) is 31.0 Å². The molecule has 0 aliphatic carbocycles. The Morgan fingerprint density at radius 2 is 2.18 bits per heavy atom. The Hall–Kier alpha value is -2.88. The molecule has 0 radical (unpaired) electrons. The molecular formula is C15H16N6O. The van der Waals surface area contributed by atoms with E-state index < -0.39 is 0 Å². The van der Waals surface area contributed by atoms with Crippen LogP contribution < -0.4 is 5.32 Å². The van der Waals surface area contributed by atoms with Crippen LogP contribution in [0.1, 0.15) is 30.1 Å². The summed E-state index contributed by atoms with van der Waals surface area (Å²) in [5.74, 6) is 0.433. The van der Waals surface area contributed by atoms with Gasteiger partial charge in [0.1, 0.15) is 11.8 Å². The number of carbonyl (C=O) groups is 1. The largest absolute Gasteiger partial charge is 0.324 e. The molecule has 2 aromatic rings.